The van der Waals surface area contributed by atoms with Crippen molar-refractivity contribution in [1.82, 2.24) is 9.97 Å². The second-order valence-electron chi connectivity index (χ2n) is 6.23. The Kier molecular flexibility index (Phi) is 4.07. The van der Waals surface area contributed by atoms with Gasteiger partial charge in [-0.2, -0.15) is 0 Å². The topological polar surface area (TPSA) is 35.0 Å². The van der Waals surface area contributed by atoms with Crippen molar-refractivity contribution in [1.29, 1.82) is 0 Å². The first-order valence-electron chi connectivity index (χ1n) is 6.95. The Morgan fingerprint density at radius 1 is 1.05 bits per heavy atom. The highest BCUT2D eigenvalue weighted by molar-refractivity contribution is 5.65. The van der Waals surface area contributed by atoms with E-state index in [0.717, 1.165) is 17.0 Å². The van der Waals surface area contributed by atoms with Crippen molar-refractivity contribution in [2.75, 3.05) is 0 Å². The molecule has 0 fully saturated rings. The van der Waals surface area contributed by atoms with Crippen LogP contribution in [0.25, 0.3) is 11.3 Å². The number of hydrogen-bond acceptors (Lipinski definition) is 3. The molecule has 0 spiro atoms. The molecule has 0 bridgehead atoms. The quantitative estimate of drug-likeness (QED) is 0.837. The summed E-state index contributed by atoms with van der Waals surface area (Å²) in [7, 11) is 0. The first-order chi connectivity index (χ1) is 9.38. The van der Waals surface area contributed by atoms with Gasteiger partial charge in [0.15, 0.2) is 5.75 Å². The van der Waals surface area contributed by atoms with Gasteiger partial charge in [0.2, 0.25) is 0 Å². The number of ether oxygens (including phenoxy) is 1. The molecule has 0 saturated heterocycles. The maximum absolute atomic E-state index is 5.77. The van der Waals surface area contributed by atoms with Gasteiger partial charge in [-0.15, -0.1) is 0 Å². The molecule has 20 heavy (non-hydrogen) atoms. The number of hydrogen-bond donors (Lipinski definition) is 0. The van der Waals surface area contributed by atoms with Gasteiger partial charge in [0.25, 0.3) is 0 Å². The summed E-state index contributed by atoms with van der Waals surface area (Å²) in [6.07, 6.45) is 3.38. The van der Waals surface area contributed by atoms with Crippen LogP contribution in [0.15, 0.2) is 36.8 Å². The van der Waals surface area contributed by atoms with E-state index in [1.54, 1.807) is 12.5 Å². The van der Waals surface area contributed by atoms with E-state index >= 15 is 0 Å². The Morgan fingerprint density at radius 2 is 1.70 bits per heavy atom. The van der Waals surface area contributed by atoms with Crippen LogP contribution in [-0.4, -0.2) is 16.1 Å². The third kappa shape index (κ3) is 3.35. The average molecular weight is 270 g/mol. The van der Waals surface area contributed by atoms with Gasteiger partial charge in [-0.05, 0) is 24.8 Å². The van der Waals surface area contributed by atoms with Crippen LogP contribution in [0.1, 0.15) is 40.2 Å². The zero-order chi connectivity index (χ0) is 14.8. The van der Waals surface area contributed by atoms with Crippen LogP contribution in [0.5, 0.6) is 5.75 Å². The Balaban J connectivity index is 2.37. The fourth-order valence-corrected chi connectivity index (χ4v) is 2.00. The van der Waals surface area contributed by atoms with E-state index in [2.05, 4.69) is 55.0 Å². The molecule has 106 valence electrons. The van der Waals surface area contributed by atoms with Gasteiger partial charge in [0, 0.05) is 5.56 Å². The van der Waals surface area contributed by atoms with Crippen LogP contribution >= 0.6 is 0 Å². The Morgan fingerprint density at radius 3 is 2.25 bits per heavy atom. The highest BCUT2D eigenvalue weighted by atomic mass is 16.5. The van der Waals surface area contributed by atoms with E-state index in [1.807, 2.05) is 13.8 Å². The van der Waals surface area contributed by atoms with E-state index in [4.69, 9.17) is 4.74 Å². The van der Waals surface area contributed by atoms with Crippen molar-refractivity contribution >= 4 is 0 Å². The van der Waals surface area contributed by atoms with Crippen LogP contribution in [0, 0.1) is 0 Å². The molecule has 0 amide bonds. The summed E-state index contributed by atoms with van der Waals surface area (Å²) < 4.78 is 5.77. The molecule has 0 unspecified atom stereocenters. The molecule has 1 aromatic carbocycles. The minimum absolute atomic E-state index is 0.105. The monoisotopic (exact) mass is 270 g/mol. The molecule has 0 N–H and O–H groups in total. The third-order valence-electron chi connectivity index (χ3n) is 3.07. The number of rotatable bonds is 3. The first-order valence-corrected chi connectivity index (χ1v) is 6.95. The molecule has 0 aliphatic carbocycles. The fraction of sp³-hybridized carbons (Fsp3) is 0.412. The minimum atomic E-state index is 0.105. The molecule has 0 atom stereocenters. The summed E-state index contributed by atoms with van der Waals surface area (Å²) in [4.78, 5) is 8.40. The fourth-order valence-electron chi connectivity index (χ4n) is 2.00. The van der Waals surface area contributed by atoms with E-state index in [-0.39, 0.29) is 11.5 Å². The smallest absolute Gasteiger partial charge is 0.164 e. The Labute approximate surface area is 121 Å². The van der Waals surface area contributed by atoms with Crippen molar-refractivity contribution in [3.8, 4) is 17.0 Å². The normalized spacial score (nSPS) is 11.7. The van der Waals surface area contributed by atoms with E-state index in [9.17, 15) is 0 Å². The van der Waals surface area contributed by atoms with Gasteiger partial charge in [0.05, 0.1) is 12.3 Å². The lowest BCUT2D eigenvalue weighted by Gasteiger charge is -2.19. The largest absolute Gasteiger partial charge is 0.487 e. The number of nitrogens with zero attached hydrogens (tertiary/aromatic N) is 2. The highest BCUT2D eigenvalue weighted by Crippen LogP contribution is 2.30. The van der Waals surface area contributed by atoms with Gasteiger partial charge in [-0.25, -0.2) is 9.97 Å². The van der Waals surface area contributed by atoms with E-state index < -0.39 is 0 Å². The van der Waals surface area contributed by atoms with Crippen molar-refractivity contribution in [3.63, 3.8) is 0 Å². The van der Waals surface area contributed by atoms with Crippen molar-refractivity contribution in [3.05, 3.63) is 42.4 Å². The summed E-state index contributed by atoms with van der Waals surface area (Å²) in [5, 5.41) is 0. The van der Waals surface area contributed by atoms with Crippen LogP contribution in [-0.2, 0) is 5.41 Å². The van der Waals surface area contributed by atoms with E-state index in [0.29, 0.717) is 0 Å². The SMILES string of the molecule is CC(C)Oc1cncnc1-c1ccc(C(C)(C)C)cc1. The number of aromatic nitrogens is 2. The second-order valence-corrected chi connectivity index (χ2v) is 6.23. The van der Waals surface area contributed by atoms with Gasteiger partial charge in [-0.1, -0.05) is 45.0 Å². The molecular weight excluding hydrogens is 248 g/mol. The molecule has 1 heterocycles. The minimum Gasteiger partial charge on any atom is -0.487 e. The standard InChI is InChI=1S/C17H22N2O/c1-12(2)20-15-10-18-11-19-16(15)13-6-8-14(9-7-13)17(3,4)5/h6-12H,1-5H3. The zero-order valence-corrected chi connectivity index (χ0v) is 12.8. The molecule has 0 aliphatic rings. The van der Waals surface area contributed by atoms with Crippen LogP contribution in [0.4, 0.5) is 0 Å². The molecule has 2 aromatic rings. The van der Waals surface area contributed by atoms with Gasteiger partial charge in [0.1, 0.15) is 12.0 Å². The van der Waals surface area contributed by atoms with E-state index in [1.165, 1.54) is 5.56 Å². The van der Waals surface area contributed by atoms with Gasteiger partial charge >= 0.3 is 0 Å². The van der Waals surface area contributed by atoms with Crippen molar-refractivity contribution in [2.45, 2.75) is 46.1 Å². The molecule has 3 nitrogen and oxygen atoms in total. The molecule has 0 saturated carbocycles. The summed E-state index contributed by atoms with van der Waals surface area (Å²) in [5.41, 5.74) is 3.36. The summed E-state index contributed by atoms with van der Waals surface area (Å²) in [6.45, 7) is 10.6. The lowest BCUT2D eigenvalue weighted by Crippen LogP contribution is -2.10. The maximum atomic E-state index is 5.77. The summed E-state index contributed by atoms with van der Waals surface area (Å²) in [6, 6.07) is 8.49. The summed E-state index contributed by atoms with van der Waals surface area (Å²) >= 11 is 0. The van der Waals surface area contributed by atoms with Gasteiger partial charge < -0.3 is 4.74 Å². The highest BCUT2D eigenvalue weighted by Gasteiger charge is 2.14. The van der Waals surface area contributed by atoms with Crippen molar-refractivity contribution in [2.24, 2.45) is 0 Å². The molecular formula is C17H22N2O. The summed E-state index contributed by atoms with van der Waals surface area (Å²) in [5.74, 6) is 0.728. The Bertz CT molecular complexity index is 568. The molecule has 3 heteroatoms. The number of benzene rings is 1. The lowest BCUT2D eigenvalue weighted by atomic mass is 9.86. The first kappa shape index (κ1) is 14.5. The second kappa shape index (κ2) is 5.61. The van der Waals surface area contributed by atoms with Crippen molar-refractivity contribution < 1.29 is 4.74 Å². The predicted octanol–water partition coefficient (Wildman–Crippen LogP) is 4.23. The van der Waals surface area contributed by atoms with Crippen LogP contribution < -0.4 is 4.74 Å². The zero-order valence-electron chi connectivity index (χ0n) is 12.8. The van der Waals surface area contributed by atoms with Gasteiger partial charge in [-0.3, -0.25) is 0 Å². The third-order valence-corrected chi connectivity index (χ3v) is 3.07. The Hall–Kier alpha value is -1.90. The van der Waals surface area contributed by atoms with Crippen LogP contribution in [0.2, 0.25) is 0 Å². The predicted molar refractivity (Wildman–Crippen MR) is 81.9 cm³/mol. The average Bonchev–Trinajstić information content (AvgIpc) is 2.38. The molecule has 1 aromatic heterocycles. The lowest BCUT2D eigenvalue weighted by molar-refractivity contribution is 0.241. The molecule has 0 aliphatic heterocycles. The molecule has 2 rings (SSSR count). The maximum Gasteiger partial charge on any atom is 0.164 e. The molecule has 0 radical (unpaired) electrons. The van der Waals surface area contributed by atoms with Crippen LogP contribution in [0.3, 0.4) is 0 Å².